The Morgan fingerprint density at radius 2 is 2.07 bits per heavy atom. The van der Waals surface area contributed by atoms with Crippen LogP contribution in [0.25, 0.3) is 0 Å². The van der Waals surface area contributed by atoms with Crippen molar-refractivity contribution in [3.63, 3.8) is 0 Å². The van der Waals surface area contributed by atoms with Crippen molar-refractivity contribution in [2.24, 2.45) is 0 Å². The summed E-state index contributed by atoms with van der Waals surface area (Å²) >= 11 is 1.52. The summed E-state index contributed by atoms with van der Waals surface area (Å²) in [5, 5.41) is 0. The van der Waals surface area contributed by atoms with Crippen LogP contribution >= 0.6 is 11.3 Å². The number of aromatic nitrogens is 1. The minimum atomic E-state index is 0.0595. The highest BCUT2D eigenvalue weighted by atomic mass is 32.1. The predicted octanol–water partition coefficient (Wildman–Crippen LogP) is 2.99. The SMILES string of the molecule is Cc1cncc(C(=O)c2ccc(C)s2)c1. The molecule has 0 aromatic carbocycles. The Morgan fingerprint density at radius 1 is 1.27 bits per heavy atom. The summed E-state index contributed by atoms with van der Waals surface area (Å²) in [7, 11) is 0. The van der Waals surface area contributed by atoms with Gasteiger partial charge in [-0.1, -0.05) is 0 Å². The molecule has 0 unspecified atom stereocenters. The van der Waals surface area contributed by atoms with Crippen molar-refractivity contribution in [1.82, 2.24) is 4.98 Å². The summed E-state index contributed by atoms with van der Waals surface area (Å²) in [6.45, 7) is 3.93. The molecular weight excluding hydrogens is 206 g/mol. The normalized spacial score (nSPS) is 10.3. The molecule has 0 N–H and O–H groups in total. The van der Waals surface area contributed by atoms with E-state index >= 15 is 0 Å². The highest BCUT2D eigenvalue weighted by molar-refractivity contribution is 7.14. The number of hydrogen-bond donors (Lipinski definition) is 0. The molecule has 0 radical (unpaired) electrons. The van der Waals surface area contributed by atoms with E-state index in [1.807, 2.05) is 32.0 Å². The van der Waals surface area contributed by atoms with Crippen LogP contribution in [-0.2, 0) is 0 Å². The molecule has 0 fully saturated rings. The Balaban J connectivity index is 2.36. The summed E-state index contributed by atoms with van der Waals surface area (Å²) in [5.74, 6) is 0.0595. The van der Waals surface area contributed by atoms with Gasteiger partial charge in [-0.15, -0.1) is 11.3 Å². The Kier molecular flexibility index (Phi) is 2.64. The number of carbonyl (C=O) groups is 1. The van der Waals surface area contributed by atoms with Crippen molar-refractivity contribution >= 4 is 17.1 Å². The van der Waals surface area contributed by atoms with Crippen LogP contribution < -0.4 is 0 Å². The quantitative estimate of drug-likeness (QED) is 0.724. The third-order valence-corrected chi connectivity index (χ3v) is 3.10. The standard InChI is InChI=1S/C12H11NOS/c1-8-5-10(7-13-6-8)12(14)11-4-3-9(2)15-11/h3-7H,1-2H3. The van der Waals surface area contributed by atoms with Crippen LogP contribution in [0.15, 0.2) is 30.6 Å². The van der Waals surface area contributed by atoms with Crippen LogP contribution in [0, 0.1) is 13.8 Å². The highest BCUT2D eigenvalue weighted by Crippen LogP contribution is 2.19. The molecule has 76 valence electrons. The second-order valence-corrected chi connectivity index (χ2v) is 4.78. The van der Waals surface area contributed by atoms with Crippen LogP contribution in [0.5, 0.6) is 0 Å². The molecule has 0 saturated heterocycles. The summed E-state index contributed by atoms with van der Waals surface area (Å²) < 4.78 is 0. The molecule has 0 aliphatic rings. The smallest absolute Gasteiger partial charge is 0.204 e. The molecule has 0 amide bonds. The lowest BCUT2D eigenvalue weighted by atomic mass is 10.1. The van der Waals surface area contributed by atoms with E-state index in [1.54, 1.807) is 12.4 Å². The molecule has 0 spiro atoms. The van der Waals surface area contributed by atoms with Crippen molar-refractivity contribution in [3.05, 3.63) is 51.5 Å². The van der Waals surface area contributed by atoms with Gasteiger partial charge in [0, 0.05) is 22.8 Å². The molecule has 2 aromatic rings. The first-order chi connectivity index (χ1) is 7.16. The van der Waals surface area contributed by atoms with Gasteiger partial charge in [-0.2, -0.15) is 0 Å². The topological polar surface area (TPSA) is 30.0 Å². The van der Waals surface area contributed by atoms with Crippen molar-refractivity contribution in [2.75, 3.05) is 0 Å². The summed E-state index contributed by atoms with van der Waals surface area (Å²) in [6.07, 6.45) is 3.36. The fourth-order valence-electron chi connectivity index (χ4n) is 1.38. The minimum Gasteiger partial charge on any atom is -0.288 e. The monoisotopic (exact) mass is 217 g/mol. The van der Waals surface area contributed by atoms with Gasteiger partial charge >= 0.3 is 0 Å². The maximum absolute atomic E-state index is 12.0. The fourth-order valence-corrected chi connectivity index (χ4v) is 2.21. The van der Waals surface area contributed by atoms with E-state index in [1.165, 1.54) is 11.3 Å². The molecule has 15 heavy (non-hydrogen) atoms. The van der Waals surface area contributed by atoms with Crippen molar-refractivity contribution in [2.45, 2.75) is 13.8 Å². The molecular formula is C12H11NOS. The van der Waals surface area contributed by atoms with Crippen LogP contribution in [0.4, 0.5) is 0 Å². The number of pyridine rings is 1. The van der Waals surface area contributed by atoms with Crippen LogP contribution in [0.2, 0.25) is 0 Å². The molecule has 0 atom stereocenters. The van der Waals surface area contributed by atoms with Crippen LogP contribution in [-0.4, -0.2) is 10.8 Å². The van der Waals surface area contributed by atoms with Gasteiger partial charge in [0.15, 0.2) is 0 Å². The van der Waals surface area contributed by atoms with Gasteiger partial charge in [0.25, 0.3) is 0 Å². The van der Waals surface area contributed by atoms with E-state index in [0.717, 1.165) is 15.3 Å². The van der Waals surface area contributed by atoms with Gasteiger partial charge in [-0.25, -0.2) is 0 Å². The zero-order chi connectivity index (χ0) is 10.8. The number of nitrogens with zero attached hydrogens (tertiary/aromatic N) is 1. The zero-order valence-electron chi connectivity index (χ0n) is 8.65. The first-order valence-electron chi connectivity index (χ1n) is 4.69. The number of rotatable bonds is 2. The number of thiophene rings is 1. The lowest BCUT2D eigenvalue weighted by Gasteiger charge is -1.98. The van der Waals surface area contributed by atoms with Crippen molar-refractivity contribution in [3.8, 4) is 0 Å². The van der Waals surface area contributed by atoms with Crippen molar-refractivity contribution in [1.29, 1.82) is 0 Å². The fraction of sp³-hybridized carbons (Fsp3) is 0.167. The third kappa shape index (κ3) is 2.13. The predicted molar refractivity (Wildman–Crippen MR) is 61.5 cm³/mol. The molecule has 0 saturated carbocycles. The van der Waals surface area contributed by atoms with E-state index in [2.05, 4.69) is 4.98 Å². The van der Waals surface area contributed by atoms with Crippen LogP contribution in [0.3, 0.4) is 0 Å². The third-order valence-electron chi connectivity index (χ3n) is 2.10. The van der Waals surface area contributed by atoms with Gasteiger partial charge < -0.3 is 0 Å². The van der Waals surface area contributed by atoms with Gasteiger partial charge in [-0.05, 0) is 37.6 Å². The maximum atomic E-state index is 12.0. The van der Waals surface area contributed by atoms with Crippen LogP contribution in [0.1, 0.15) is 25.7 Å². The van der Waals surface area contributed by atoms with Gasteiger partial charge in [-0.3, -0.25) is 9.78 Å². The first kappa shape index (κ1) is 10.1. The number of hydrogen-bond acceptors (Lipinski definition) is 3. The molecule has 2 rings (SSSR count). The lowest BCUT2D eigenvalue weighted by Crippen LogP contribution is -1.99. The summed E-state index contributed by atoms with van der Waals surface area (Å²) in [4.78, 5) is 17.9. The highest BCUT2D eigenvalue weighted by Gasteiger charge is 2.11. The molecule has 2 nitrogen and oxygen atoms in total. The number of ketones is 1. The first-order valence-corrected chi connectivity index (χ1v) is 5.51. The van der Waals surface area contributed by atoms with Crippen molar-refractivity contribution < 1.29 is 4.79 Å². The second kappa shape index (κ2) is 3.95. The Morgan fingerprint density at radius 3 is 2.67 bits per heavy atom. The summed E-state index contributed by atoms with van der Waals surface area (Å²) in [6, 6.07) is 5.69. The van der Waals surface area contributed by atoms with Gasteiger partial charge in [0.05, 0.1) is 4.88 Å². The molecule has 2 aromatic heterocycles. The average Bonchev–Trinajstić information content (AvgIpc) is 2.64. The van der Waals surface area contributed by atoms with E-state index in [0.29, 0.717) is 5.56 Å². The van der Waals surface area contributed by atoms with E-state index in [9.17, 15) is 4.79 Å². The van der Waals surface area contributed by atoms with E-state index < -0.39 is 0 Å². The van der Waals surface area contributed by atoms with E-state index in [4.69, 9.17) is 0 Å². The maximum Gasteiger partial charge on any atom is 0.204 e. The molecule has 0 bridgehead atoms. The Hall–Kier alpha value is -1.48. The second-order valence-electron chi connectivity index (χ2n) is 3.49. The number of carbonyl (C=O) groups excluding carboxylic acids is 1. The van der Waals surface area contributed by atoms with E-state index in [-0.39, 0.29) is 5.78 Å². The van der Waals surface area contributed by atoms with Gasteiger partial charge in [0.2, 0.25) is 5.78 Å². The lowest BCUT2D eigenvalue weighted by molar-refractivity contribution is 0.104. The summed E-state index contributed by atoms with van der Waals surface area (Å²) in [5.41, 5.74) is 1.67. The molecule has 3 heteroatoms. The Bertz CT molecular complexity index is 502. The molecule has 0 aliphatic heterocycles. The largest absolute Gasteiger partial charge is 0.288 e. The zero-order valence-corrected chi connectivity index (χ0v) is 9.47. The number of aryl methyl sites for hydroxylation is 2. The molecule has 0 aliphatic carbocycles. The molecule has 2 heterocycles. The average molecular weight is 217 g/mol. The minimum absolute atomic E-state index is 0.0595. The van der Waals surface area contributed by atoms with Gasteiger partial charge in [0.1, 0.15) is 0 Å². The Labute approximate surface area is 92.6 Å².